The van der Waals surface area contributed by atoms with Gasteiger partial charge in [-0.15, -0.1) is 0 Å². The molecule has 18 heavy (non-hydrogen) atoms. The summed E-state index contributed by atoms with van der Waals surface area (Å²) in [5.74, 6) is 0.977. The van der Waals surface area contributed by atoms with Crippen LogP contribution in [0.4, 0.5) is 0 Å². The standard InChI is InChI=1S/C15H23NOS/c1-4-8-17-13-9-11(2)14(12(3)10-13)6-5-7-15(16)18/h9-10H,4-8H2,1-3H3,(H2,16,18). The lowest BCUT2D eigenvalue weighted by atomic mass is 9.97. The number of nitrogens with two attached hydrogens (primary N) is 1. The van der Waals surface area contributed by atoms with Crippen LogP contribution in [-0.4, -0.2) is 11.6 Å². The second-order valence-corrected chi connectivity index (χ2v) is 5.23. The highest BCUT2D eigenvalue weighted by atomic mass is 32.1. The zero-order valence-electron chi connectivity index (χ0n) is 11.6. The SMILES string of the molecule is CCCOc1cc(C)c(CCCC(N)=S)c(C)c1. The first-order valence-electron chi connectivity index (χ1n) is 6.55. The molecule has 0 saturated heterocycles. The largest absolute Gasteiger partial charge is 0.494 e. The highest BCUT2D eigenvalue weighted by Gasteiger charge is 2.06. The molecule has 0 saturated carbocycles. The zero-order chi connectivity index (χ0) is 13.5. The van der Waals surface area contributed by atoms with Gasteiger partial charge >= 0.3 is 0 Å². The third-order valence-electron chi connectivity index (χ3n) is 2.99. The zero-order valence-corrected chi connectivity index (χ0v) is 12.4. The highest BCUT2D eigenvalue weighted by Crippen LogP contribution is 2.23. The molecule has 0 bridgehead atoms. The number of hydrogen-bond donors (Lipinski definition) is 1. The van der Waals surface area contributed by atoms with Crippen molar-refractivity contribution in [3.63, 3.8) is 0 Å². The van der Waals surface area contributed by atoms with E-state index in [-0.39, 0.29) is 0 Å². The number of ether oxygens (including phenoxy) is 1. The second-order valence-electron chi connectivity index (χ2n) is 4.70. The fraction of sp³-hybridized carbons (Fsp3) is 0.533. The second kappa shape index (κ2) is 7.37. The Morgan fingerprint density at radius 2 is 1.89 bits per heavy atom. The molecule has 0 heterocycles. The van der Waals surface area contributed by atoms with Crippen LogP contribution in [-0.2, 0) is 6.42 Å². The smallest absolute Gasteiger partial charge is 0.119 e. The van der Waals surface area contributed by atoms with Crippen LogP contribution in [0.25, 0.3) is 0 Å². The Hall–Kier alpha value is -1.09. The first-order chi connectivity index (χ1) is 8.54. The summed E-state index contributed by atoms with van der Waals surface area (Å²) in [5, 5.41) is 0. The number of rotatable bonds is 7. The minimum Gasteiger partial charge on any atom is -0.494 e. The van der Waals surface area contributed by atoms with E-state index in [2.05, 4.69) is 32.9 Å². The maximum atomic E-state index is 5.67. The molecule has 0 aliphatic heterocycles. The Bertz CT molecular complexity index is 392. The van der Waals surface area contributed by atoms with E-state index in [9.17, 15) is 0 Å². The van der Waals surface area contributed by atoms with E-state index in [1.54, 1.807) is 0 Å². The van der Waals surface area contributed by atoms with E-state index in [1.807, 2.05) is 0 Å². The van der Waals surface area contributed by atoms with Crippen molar-refractivity contribution in [3.8, 4) is 5.75 Å². The minimum atomic E-state index is 0.605. The molecule has 1 aromatic rings. The van der Waals surface area contributed by atoms with E-state index in [0.29, 0.717) is 4.99 Å². The molecule has 1 rings (SSSR count). The van der Waals surface area contributed by atoms with Crippen molar-refractivity contribution in [2.75, 3.05) is 6.61 Å². The van der Waals surface area contributed by atoms with Gasteiger partial charge < -0.3 is 10.5 Å². The summed E-state index contributed by atoms with van der Waals surface area (Å²) in [6.07, 6.45) is 3.91. The van der Waals surface area contributed by atoms with Crippen LogP contribution in [0.2, 0.25) is 0 Å². The average Bonchev–Trinajstić information content (AvgIpc) is 2.29. The first kappa shape index (κ1) is 15.0. The summed E-state index contributed by atoms with van der Waals surface area (Å²) in [6, 6.07) is 4.25. The van der Waals surface area contributed by atoms with Crippen LogP contribution in [0.3, 0.4) is 0 Å². The third-order valence-corrected chi connectivity index (χ3v) is 3.20. The van der Waals surface area contributed by atoms with Crippen LogP contribution in [0.1, 0.15) is 42.9 Å². The van der Waals surface area contributed by atoms with Crippen LogP contribution in [0, 0.1) is 13.8 Å². The molecule has 0 aliphatic carbocycles. The molecule has 0 amide bonds. The van der Waals surface area contributed by atoms with Crippen molar-refractivity contribution in [3.05, 3.63) is 28.8 Å². The van der Waals surface area contributed by atoms with E-state index >= 15 is 0 Å². The van der Waals surface area contributed by atoms with Crippen molar-refractivity contribution in [1.29, 1.82) is 0 Å². The van der Waals surface area contributed by atoms with E-state index < -0.39 is 0 Å². The van der Waals surface area contributed by atoms with Gasteiger partial charge in [-0.05, 0) is 68.4 Å². The number of thiocarbonyl (C=S) groups is 1. The summed E-state index contributed by atoms with van der Waals surface area (Å²) in [4.78, 5) is 0.605. The molecule has 2 N–H and O–H groups in total. The number of benzene rings is 1. The number of aryl methyl sites for hydroxylation is 2. The Kier molecular flexibility index (Phi) is 6.13. The predicted octanol–water partition coefficient (Wildman–Crippen LogP) is 3.70. The summed E-state index contributed by atoms with van der Waals surface area (Å²) in [5.41, 5.74) is 9.51. The predicted molar refractivity (Wildman–Crippen MR) is 81.4 cm³/mol. The maximum absolute atomic E-state index is 5.67. The van der Waals surface area contributed by atoms with Gasteiger partial charge in [0.05, 0.1) is 11.6 Å². The summed E-state index contributed by atoms with van der Waals surface area (Å²) < 4.78 is 5.67. The first-order valence-corrected chi connectivity index (χ1v) is 6.96. The maximum Gasteiger partial charge on any atom is 0.119 e. The molecule has 2 nitrogen and oxygen atoms in total. The van der Waals surface area contributed by atoms with Gasteiger partial charge in [0.1, 0.15) is 5.75 Å². The van der Waals surface area contributed by atoms with Crippen molar-refractivity contribution < 1.29 is 4.74 Å². The monoisotopic (exact) mass is 265 g/mol. The molecular weight excluding hydrogens is 242 g/mol. The van der Waals surface area contributed by atoms with Gasteiger partial charge in [0.15, 0.2) is 0 Å². The van der Waals surface area contributed by atoms with Gasteiger partial charge in [0, 0.05) is 0 Å². The Labute approximate surface area is 116 Å². The van der Waals surface area contributed by atoms with Gasteiger partial charge in [-0.1, -0.05) is 19.1 Å². The molecule has 0 aliphatic rings. The van der Waals surface area contributed by atoms with Gasteiger partial charge in [-0.25, -0.2) is 0 Å². The van der Waals surface area contributed by atoms with Crippen molar-refractivity contribution in [2.45, 2.75) is 46.5 Å². The van der Waals surface area contributed by atoms with E-state index in [0.717, 1.165) is 38.0 Å². The number of hydrogen-bond acceptors (Lipinski definition) is 2. The van der Waals surface area contributed by atoms with Gasteiger partial charge in [-0.3, -0.25) is 0 Å². The quantitative estimate of drug-likeness (QED) is 0.763. The minimum absolute atomic E-state index is 0.605. The molecule has 0 fully saturated rings. The van der Waals surface area contributed by atoms with Crippen molar-refractivity contribution in [2.24, 2.45) is 5.73 Å². The van der Waals surface area contributed by atoms with Gasteiger partial charge in [-0.2, -0.15) is 0 Å². The third kappa shape index (κ3) is 4.65. The van der Waals surface area contributed by atoms with Crippen LogP contribution in [0.5, 0.6) is 5.75 Å². The molecule has 0 atom stereocenters. The highest BCUT2D eigenvalue weighted by molar-refractivity contribution is 7.80. The molecule has 1 aromatic carbocycles. The topological polar surface area (TPSA) is 35.2 Å². The fourth-order valence-corrected chi connectivity index (χ4v) is 2.23. The summed E-state index contributed by atoms with van der Waals surface area (Å²) >= 11 is 4.90. The van der Waals surface area contributed by atoms with Crippen LogP contribution < -0.4 is 10.5 Å². The summed E-state index contributed by atoms with van der Waals surface area (Å²) in [6.45, 7) is 7.17. The van der Waals surface area contributed by atoms with E-state index in [4.69, 9.17) is 22.7 Å². The molecule has 0 unspecified atom stereocenters. The van der Waals surface area contributed by atoms with Gasteiger partial charge in [0.2, 0.25) is 0 Å². The Morgan fingerprint density at radius 3 is 2.39 bits per heavy atom. The lowest BCUT2D eigenvalue weighted by Gasteiger charge is -2.13. The van der Waals surface area contributed by atoms with Crippen molar-refractivity contribution >= 4 is 17.2 Å². The normalized spacial score (nSPS) is 10.4. The molecule has 0 spiro atoms. The Balaban J connectivity index is 2.71. The molecule has 3 heteroatoms. The molecule has 0 radical (unpaired) electrons. The van der Waals surface area contributed by atoms with Crippen LogP contribution >= 0.6 is 12.2 Å². The lowest BCUT2D eigenvalue weighted by Crippen LogP contribution is -2.08. The lowest BCUT2D eigenvalue weighted by molar-refractivity contribution is 0.317. The molecule has 100 valence electrons. The molecule has 0 aromatic heterocycles. The van der Waals surface area contributed by atoms with Gasteiger partial charge in [0.25, 0.3) is 0 Å². The Morgan fingerprint density at radius 1 is 1.28 bits per heavy atom. The molecular formula is C15H23NOS. The van der Waals surface area contributed by atoms with E-state index in [1.165, 1.54) is 16.7 Å². The summed E-state index contributed by atoms with van der Waals surface area (Å²) in [7, 11) is 0. The fourth-order valence-electron chi connectivity index (χ4n) is 2.09. The average molecular weight is 265 g/mol. The van der Waals surface area contributed by atoms with Crippen molar-refractivity contribution in [1.82, 2.24) is 0 Å². The van der Waals surface area contributed by atoms with Crippen LogP contribution in [0.15, 0.2) is 12.1 Å².